The van der Waals surface area contributed by atoms with E-state index in [1.54, 1.807) is 95.4 Å². The molecule has 5 aromatic carbocycles. The number of aromatic nitrogens is 2. The van der Waals surface area contributed by atoms with Gasteiger partial charge < -0.3 is 50.8 Å². The smallest absolute Gasteiger partial charge is 0.230 e. The van der Waals surface area contributed by atoms with Crippen molar-refractivity contribution < 1.29 is 33.3 Å². The number of nitrogens with one attached hydrogen (secondary N) is 3. The van der Waals surface area contributed by atoms with E-state index in [0.717, 1.165) is 27.7 Å². The monoisotopic (exact) mass is 952 g/mol. The fourth-order valence-electron chi connectivity index (χ4n) is 5.85. The molecule has 0 fully saturated rings. The van der Waals surface area contributed by atoms with E-state index in [2.05, 4.69) is 20.6 Å². The number of allylic oxidation sites excluding steroid dienone is 2. The van der Waals surface area contributed by atoms with Gasteiger partial charge in [0.2, 0.25) is 11.8 Å². The summed E-state index contributed by atoms with van der Waals surface area (Å²) in [6.45, 7) is 1.81. The standard InChI is InChI=1S/C26H22ClN3O4S.C11H11NO3.C8H9NO.C4H8ClN/c1-32-23-14-18-20(15-24(23)33-2)28-11-10-21(18)34-22-9-8-17(13-19(22)27)29-26(35)30-25(31)12-16-6-4-3-5-7-16;1-14-10-5-7-8(6-11(10)15-2)12-4-3-9(7)13;9-8(10)6-7-4-2-1-3-5-7;1-4(6)2-3-5/h3-11,13-15H,12H2,1-2H3,(H2,29,30,31,35);3-6H,1-2H3,(H,12,13);1-5H,6H2,(H2,9,10);2H,3,6H2,1H3/b;;;4-2+. The summed E-state index contributed by atoms with van der Waals surface area (Å²) < 4.78 is 27.1. The maximum Gasteiger partial charge on any atom is 0.230 e. The second kappa shape index (κ2) is 26.5. The van der Waals surface area contributed by atoms with Crippen molar-refractivity contribution in [3.8, 4) is 34.5 Å². The molecular weight excluding hydrogens is 904 g/mol. The van der Waals surface area contributed by atoms with Crippen LogP contribution in [-0.2, 0) is 22.4 Å². The predicted octanol–water partition coefficient (Wildman–Crippen LogP) is 9.10. The highest BCUT2D eigenvalue weighted by atomic mass is 35.5. The molecule has 7 rings (SSSR count). The van der Waals surface area contributed by atoms with Crippen molar-refractivity contribution in [3.63, 3.8) is 0 Å². The number of fused-ring (bicyclic) bond motifs is 2. The van der Waals surface area contributed by atoms with E-state index < -0.39 is 0 Å². The number of anilines is 1. The molecular formula is C49H50Cl2N6O8S. The van der Waals surface area contributed by atoms with Gasteiger partial charge in [0, 0.05) is 58.6 Å². The Hall–Kier alpha value is -7.33. The number of primary amides is 1. The molecule has 17 heteroatoms. The van der Waals surface area contributed by atoms with Gasteiger partial charge in [0.25, 0.3) is 0 Å². The summed E-state index contributed by atoms with van der Waals surface area (Å²) in [4.78, 5) is 41.5. The topological polar surface area (TPSA) is 202 Å². The lowest BCUT2D eigenvalue weighted by atomic mass is 10.1. The van der Waals surface area contributed by atoms with Crippen LogP contribution in [-0.4, -0.2) is 61.2 Å². The van der Waals surface area contributed by atoms with Crippen LogP contribution in [0, 0.1) is 0 Å². The van der Waals surface area contributed by atoms with Crippen molar-refractivity contribution >= 4 is 79.8 Å². The van der Waals surface area contributed by atoms with E-state index in [1.807, 2.05) is 67.6 Å². The molecule has 0 aliphatic carbocycles. The Bertz CT molecular complexity index is 2810. The van der Waals surface area contributed by atoms with Crippen LogP contribution in [0.15, 0.2) is 144 Å². The van der Waals surface area contributed by atoms with Gasteiger partial charge in [-0.2, -0.15) is 0 Å². The van der Waals surface area contributed by atoms with Crippen LogP contribution in [0.3, 0.4) is 0 Å². The zero-order chi connectivity index (χ0) is 48.0. The molecule has 2 aromatic heterocycles. The lowest BCUT2D eigenvalue weighted by Gasteiger charge is -2.14. The highest BCUT2D eigenvalue weighted by Gasteiger charge is 2.14. The third kappa shape index (κ3) is 16.0. The van der Waals surface area contributed by atoms with Crippen molar-refractivity contribution in [2.45, 2.75) is 19.8 Å². The summed E-state index contributed by atoms with van der Waals surface area (Å²) in [5.74, 6) is 3.32. The quantitative estimate of drug-likeness (QED) is 0.0575. The van der Waals surface area contributed by atoms with E-state index in [0.29, 0.717) is 68.4 Å². The largest absolute Gasteiger partial charge is 0.493 e. The number of thiocarbonyl (C=S) groups is 1. The number of hydrogen-bond donors (Lipinski definition) is 5. The number of nitrogens with two attached hydrogens (primary N) is 2. The summed E-state index contributed by atoms with van der Waals surface area (Å²) in [5, 5.41) is 7.51. The SMILES string of the molecule is C/C(N)=C\CCl.COc1cc2[nH]ccc(=O)c2cc1OC.COc1cc2nccc(Oc3ccc(NC(=S)NC(=O)Cc4ccccc4)cc3Cl)c2cc1OC.NC(=O)Cc1ccccc1. The second-order valence-electron chi connectivity index (χ2n) is 13.8. The molecule has 0 unspecified atom stereocenters. The normalized spacial score (nSPS) is 10.4. The van der Waals surface area contributed by atoms with E-state index in [-0.39, 0.29) is 28.8 Å². The Balaban J connectivity index is 0.000000249. The van der Waals surface area contributed by atoms with Gasteiger partial charge >= 0.3 is 0 Å². The van der Waals surface area contributed by atoms with Gasteiger partial charge in [0.15, 0.2) is 33.5 Å². The summed E-state index contributed by atoms with van der Waals surface area (Å²) in [5.41, 5.74) is 14.8. The van der Waals surface area contributed by atoms with Gasteiger partial charge in [-0.15, -0.1) is 11.6 Å². The van der Waals surface area contributed by atoms with Crippen LogP contribution in [0.1, 0.15) is 18.1 Å². The first-order valence-electron chi connectivity index (χ1n) is 20.0. The molecule has 344 valence electrons. The Morgan fingerprint density at radius 1 is 0.727 bits per heavy atom. The minimum absolute atomic E-state index is 0.0373. The predicted molar refractivity (Wildman–Crippen MR) is 267 cm³/mol. The number of alkyl halides is 1. The number of methoxy groups -OCH3 is 4. The summed E-state index contributed by atoms with van der Waals surface area (Å²) in [7, 11) is 6.24. The third-order valence-corrected chi connectivity index (χ3v) is 9.61. The molecule has 0 aliphatic rings. The second-order valence-corrected chi connectivity index (χ2v) is 14.9. The van der Waals surface area contributed by atoms with E-state index >= 15 is 0 Å². The minimum atomic E-state index is -0.286. The molecule has 7 aromatic rings. The highest BCUT2D eigenvalue weighted by Crippen LogP contribution is 2.39. The molecule has 7 N–H and O–H groups in total. The average Bonchev–Trinajstić information content (AvgIpc) is 3.30. The Morgan fingerprint density at radius 2 is 1.30 bits per heavy atom. The summed E-state index contributed by atoms with van der Waals surface area (Å²) >= 11 is 17.0. The van der Waals surface area contributed by atoms with Gasteiger partial charge in [-0.1, -0.05) is 78.3 Å². The summed E-state index contributed by atoms with van der Waals surface area (Å²) in [6.07, 6.45) is 5.57. The van der Waals surface area contributed by atoms with Crippen molar-refractivity contribution in [2.24, 2.45) is 11.5 Å². The lowest BCUT2D eigenvalue weighted by molar-refractivity contribution is -0.119. The molecule has 0 radical (unpaired) electrons. The van der Waals surface area contributed by atoms with Crippen molar-refractivity contribution in [3.05, 3.63) is 166 Å². The Morgan fingerprint density at radius 3 is 1.85 bits per heavy atom. The maximum atomic E-state index is 12.2. The number of benzene rings is 5. The molecule has 0 atom stereocenters. The molecule has 0 saturated carbocycles. The molecule has 0 spiro atoms. The number of aromatic amines is 1. The number of ether oxygens (including phenoxy) is 5. The Kier molecular flexibility index (Phi) is 20.6. The van der Waals surface area contributed by atoms with Crippen LogP contribution >= 0.6 is 35.4 Å². The molecule has 0 bridgehead atoms. The maximum absolute atomic E-state index is 12.2. The van der Waals surface area contributed by atoms with Crippen molar-refractivity contribution in [2.75, 3.05) is 39.6 Å². The van der Waals surface area contributed by atoms with Gasteiger partial charge in [-0.3, -0.25) is 19.4 Å². The van der Waals surface area contributed by atoms with Crippen molar-refractivity contribution in [1.82, 2.24) is 15.3 Å². The van der Waals surface area contributed by atoms with Crippen molar-refractivity contribution in [1.29, 1.82) is 0 Å². The van der Waals surface area contributed by atoms with E-state index in [4.69, 9.17) is 70.6 Å². The third-order valence-electron chi connectivity index (χ3n) is 8.96. The van der Waals surface area contributed by atoms with E-state index in [9.17, 15) is 14.4 Å². The molecule has 2 heterocycles. The number of halogens is 2. The Labute approximate surface area is 397 Å². The highest BCUT2D eigenvalue weighted by molar-refractivity contribution is 7.80. The number of hydrogen-bond acceptors (Lipinski definition) is 11. The minimum Gasteiger partial charge on any atom is -0.493 e. The number of rotatable bonds is 12. The number of H-pyrrole nitrogens is 1. The molecule has 2 amide bonds. The van der Waals surface area contributed by atoms with Gasteiger partial charge in [0.1, 0.15) is 11.5 Å². The number of nitrogens with zero attached hydrogens (tertiary/aromatic N) is 1. The van der Waals surface area contributed by atoms with E-state index in [1.165, 1.54) is 6.07 Å². The van der Waals surface area contributed by atoms with Crippen LogP contribution in [0.5, 0.6) is 34.5 Å². The first kappa shape index (κ1) is 51.3. The van der Waals surface area contributed by atoms with Crippen LogP contribution in [0.25, 0.3) is 21.8 Å². The first-order chi connectivity index (χ1) is 31.8. The van der Waals surface area contributed by atoms with Crippen LogP contribution in [0.4, 0.5) is 5.69 Å². The molecule has 66 heavy (non-hydrogen) atoms. The van der Waals surface area contributed by atoms with Gasteiger partial charge in [-0.05, 0) is 66.7 Å². The van der Waals surface area contributed by atoms with Gasteiger partial charge in [-0.25, -0.2) is 0 Å². The number of amides is 2. The first-order valence-corrected chi connectivity index (χ1v) is 21.3. The van der Waals surface area contributed by atoms with Crippen LogP contribution < -0.4 is 51.2 Å². The van der Waals surface area contributed by atoms with Gasteiger partial charge in [0.05, 0.1) is 57.3 Å². The molecule has 14 nitrogen and oxygen atoms in total. The zero-order valence-electron chi connectivity index (χ0n) is 36.9. The fourth-order valence-corrected chi connectivity index (χ4v) is 6.54. The number of carbonyl (C=O) groups is 2. The average molecular weight is 954 g/mol. The summed E-state index contributed by atoms with van der Waals surface area (Å²) in [6, 6.07) is 34.2. The molecule has 0 aliphatic heterocycles. The zero-order valence-corrected chi connectivity index (χ0v) is 39.2. The fraction of sp³-hybridized carbons (Fsp3) is 0.163. The van der Waals surface area contributed by atoms with Crippen LogP contribution in [0.2, 0.25) is 5.02 Å². The molecule has 0 saturated heterocycles. The number of carbonyl (C=O) groups excluding carboxylic acids is 2. The lowest BCUT2D eigenvalue weighted by Crippen LogP contribution is -2.35. The number of pyridine rings is 2.